The van der Waals surface area contributed by atoms with Gasteiger partial charge in [-0.25, -0.2) is 19.6 Å². The van der Waals surface area contributed by atoms with Gasteiger partial charge in [-0.1, -0.05) is 24.3 Å². The van der Waals surface area contributed by atoms with E-state index in [-0.39, 0.29) is 11.8 Å². The van der Waals surface area contributed by atoms with Gasteiger partial charge in [-0.15, -0.1) is 5.10 Å². The molecule has 4 aromatic rings. The van der Waals surface area contributed by atoms with E-state index in [1.807, 2.05) is 56.3 Å². The molecular weight excluding hydrogens is 450 g/mol. The van der Waals surface area contributed by atoms with Gasteiger partial charge in [0.05, 0.1) is 22.6 Å². The number of ether oxygens (including phenoxy) is 1. The summed E-state index contributed by atoms with van der Waals surface area (Å²) >= 11 is 0. The smallest absolute Gasteiger partial charge is 0.268 e. The Morgan fingerprint density at radius 2 is 1.81 bits per heavy atom. The maximum absolute atomic E-state index is 7.85. The number of hydrogen-bond donors (Lipinski definition) is 1. The van der Waals surface area contributed by atoms with Crippen molar-refractivity contribution >= 4 is 39.8 Å². The molecule has 1 N–H and O–H groups in total. The summed E-state index contributed by atoms with van der Waals surface area (Å²) in [6, 6.07) is 18.3. The predicted molar refractivity (Wildman–Crippen MR) is 146 cm³/mol. The monoisotopic (exact) mass is 479 g/mol. The first-order valence-electron chi connectivity index (χ1n) is 12.1. The van der Waals surface area contributed by atoms with E-state index in [9.17, 15) is 0 Å². The van der Waals surface area contributed by atoms with Gasteiger partial charge in [-0.05, 0) is 63.6 Å². The van der Waals surface area contributed by atoms with Crippen LogP contribution in [0.5, 0.6) is 0 Å². The number of nitrogens with one attached hydrogen (secondary N) is 1. The normalized spacial score (nSPS) is 13.7. The Hall–Kier alpha value is -4.33. The van der Waals surface area contributed by atoms with Crippen molar-refractivity contribution in [1.29, 1.82) is 5.41 Å². The fraction of sp³-hybridized carbons (Fsp3) is 0.250. The number of fused-ring (bicyclic) bond motifs is 2. The fourth-order valence-corrected chi connectivity index (χ4v) is 4.43. The SMILES string of the molecule is CCN(CC)c1ccc(N=C2C(OC(C)=N)=Nn3c2nc(-c2ccc4ccccc4n2)c3C)c(C)c1. The number of anilines is 1. The van der Waals surface area contributed by atoms with E-state index in [0.717, 1.165) is 58.0 Å². The Morgan fingerprint density at radius 1 is 1.03 bits per heavy atom. The largest absolute Gasteiger partial charge is 0.422 e. The van der Waals surface area contributed by atoms with Gasteiger partial charge in [0.1, 0.15) is 5.69 Å². The van der Waals surface area contributed by atoms with Crippen LogP contribution in [0, 0.1) is 19.3 Å². The van der Waals surface area contributed by atoms with Gasteiger partial charge in [0.15, 0.2) is 17.4 Å². The van der Waals surface area contributed by atoms with E-state index in [2.05, 4.69) is 36.0 Å². The summed E-state index contributed by atoms with van der Waals surface area (Å²) in [6.45, 7) is 11.7. The number of rotatable bonds is 5. The van der Waals surface area contributed by atoms with Crippen LogP contribution < -0.4 is 4.90 Å². The third-order valence-corrected chi connectivity index (χ3v) is 6.32. The Labute approximate surface area is 210 Å². The van der Waals surface area contributed by atoms with Crippen LogP contribution in [0.15, 0.2) is 64.7 Å². The molecule has 0 unspecified atom stereocenters. The molecule has 0 bridgehead atoms. The minimum atomic E-state index is 0.0369. The minimum absolute atomic E-state index is 0.0369. The lowest BCUT2D eigenvalue weighted by Gasteiger charge is -2.21. The minimum Gasteiger partial charge on any atom is -0.422 e. The molecule has 1 aliphatic rings. The summed E-state index contributed by atoms with van der Waals surface area (Å²) in [5, 5.41) is 13.5. The van der Waals surface area contributed by atoms with Crippen molar-refractivity contribution in [3.63, 3.8) is 0 Å². The molecule has 1 aliphatic heterocycles. The number of pyridine rings is 1. The molecule has 8 nitrogen and oxygen atoms in total. The molecule has 2 aromatic heterocycles. The molecule has 36 heavy (non-hydrogen) atoms. The van der Waals surface area contributed by atoms with Crippen LogP contribution in [0.4, 0.5) is 11.4 Å². The van der Waals surface area contributed by atoms with E-state index in [0.29, 0.717) is 11.5 Å². The van der Waals surface area contributed by atoms with Crippen LogP contribution in [0.25, 0.3) is 22.3 Å². The molecule has 0 spiro atoms. The first-order valence-corrected chi connectivity index (χ1v) is 12.1. The number of hydrogen-bond acceptors (Lipinski definition) is 7. The molecule has 0 amide bonds. The molecule has 0 saturated carbocycles. The molecule has 2 aromatic carbocycles. The molecule has 8 heteroatoms. The van der Waals surface area contributed by atoms with E-state index in [4.69, 9.17) is 25.1 Å². The number of aliphatic imine (C=N–C) groups is 1. The first kappa shape index (κ1) is 23.4. The van der Waals surface area contributed by atoms with E-state index in [1.165, 1.54) is 0 Å². The van der Waals surface area contributed by atoms with Gasteiger partial charge >= 0.3 is 0 Å². The van der Waals surface area contributed by atoms with Crippen molar-refractivity contribution in [3.05, 3.63) is 71.7 Å². The average Bonchev–Trinajstić information content (AvgIpc) is 3.36. The Kier molecular flexibility index (Phi) is 6.10. The number of para-hydroxylation sites is 1. The standard InChI is InChI=1S/C28H29N7O/c1-6-34(7-2)21-13-15-22(17(3)16-21)31-26-27-32-25(18(4)35(27)33-28(26)36-19(5)29)24-14-12-20-10-8-9-11-23(20)30-24/h8-16,29H,6-7H2,1-5H3. The molecule has 0 fully saturated rings. The molecule has 0 radical (unpaired) electrons. The van der Waals surface area contributed by atoms with Crippen molar-refractivity contribution in [2.24, 2.45) is 10.1 Å². The van der Waals surface area contributed by atoms with Crippen molar-refractivity contribution in [2.45, 2.75) is 34.6 Å². The van der Waals surface area contributed by atoms with Gasteiger partial charge in [0.25, 0.3) is 5.90 Å². The second kappa shape index (κ2) is 9.37. The molecular formula is C28H29N7O. The Bertz CT molecular complexity index is 1540. The lowest BCUT2D eigenvalue weighted by atomic mass is 10.1. The summed E-state index contributed by atoms with van der Waals surface area (Å²) in [4.78, 5) is 16.9. The number of benzene rings is 2. The summed E-state index contributed by atoms with van der Waals surface area (Å²) in [6.07, 6.45) is 0. The van der Waals surface area contributed by atoms with E-state index in [1.54, 1.807) is 11.6 Å². The van der Waals surface area contributed by atoms with Gasteiger partial charge in [0.2, 0.25) is 0 Å². The zero-order valence-electron chi connectivity index (χ0n) is 21.2. The topological polar surface area (TPSA) is 91.8 Å². The zero-order valence-corrected chi connectivity index (χ0v) is 21.2. The van der Waals surface area contributed by atoms with Crippen LogP contribution in [-0.4, -0.2) is 45.2 Å². The van der Waals surface area contributed by atoms with Crippen LogP contribution in [-0.2, 0) is 4.74 Å². The highest BCUT2D eigenvalue weighted by atomic mass is 16.5. The molecule has 5 rings (SSSR count). The summed E-state index contributed by atoms with van der Waals surface area (Å²) in [7, 11) is 0. The third kappa shape index (κ3) is 4.15. The van der Waals surface area contributed by atoms with E-state index >= 15 is 0 Å². The molecule has 3 heterocycles. The van der Waals surface area contributed by atoms with Gasteiger partial charge in [-0.2, -0.15) is 0 Å². The quantitative estimate of drug-likeness (QED) is 0.286. The number of aryl methyl sites for hydroxylation is 1. The highest BCUT2D eigenvalue weighted by Crippen LogP contribution is 2.30. The summed E-state index contributed by atoms with van der Waals surface area (Å²) in [5.74, 6) is 0.870. The highest BCUT2D eigenvalue weighted by Gasteiger charge is 2.31. The van der Waals surface area contributed by atoms with Crippen LogP contribution in [0.2, 0.25) is 0 Å². The second-order valence-electron chi connectivity index (χ2n) is 8.74. The number of imidazole rings is 1. The molecule has 0 aliphatic carbocycles. The summed E-state index contributed by atoms with van der Waals surface area (Å²) in [5.41, 5.74) is 6.75. The maximum atomic E-state index is 7.85. The van der Waals surface area contributed by atoms with Crippen LogP contribution in [0.1, 0.15) is 37.9 Å². The van der Waals surface area contributed by atoms with Crippen LogP contribution in [0.3, 0.4) is 0 Å². The van der Waals surface area contributed by atoms with Crippen molar-refractivity contribution in [2.75, 3.05) is 18.0 Å². The molecule has 0 saturated heterocycles. The van der Waals surface area contributed by atoms with Gasteiger partial charge < -0.3 is 9.64 Å². The van der Waals surface area contributed by atoms with Gasteiger partial charge in [0, 0.05) is 31.1 Å². The number of aromatic nitrogens is 3. The lowest BCUT2D eigenvalue weighted by molar-refractivity contribution is 0.540. The summed E-state index contributed by atoms with van der Waals surface area (Å²) < 4.78 is 7.37. The number of nitrogens with zero attached hydrogens (tertiary/aromatic N) is 6. The predicted octanol–water partition coefficient (Wildman–Crippen LogP) is 5.87. The van der Waals surface area contributed by atoms with Crippen molar-refractivity contribution in [3.8, 4) is 11.4 Å². The Morgan fingerprint density at radius 3 is 2.53 bits per heavy atom. The van der Waals surface area contributed by atoms with Crippen LogP contribution >= 0.6 is 0 Å². The second-order valence-corrected chi connectivity index (χ2v) is 8.74. The van der Waals surface area contributed by atoms with Gasteiger partial charge in [-0.3, -0.25) is 5.41 Å². The lowest BCUT2D eigenvalue weighted by Crippen LogP contribution is -2.21. The fourth-order valence-electron chi connectivity index (χ4n) is 4.43. The maximum Gasteiger partial charge on any atom is 0.268 e. The van der Waals surface area contributed by atoms with E-state index < -0.39 is 0 Å². The zero-order chi connectivity index (χ0) is 25.4. The highest BCUT2D eigenvalue weighted by molar-refractivity contribution is 6.47. The van der Waals surface area contributed by atoms with Crippen molar-refractivity contribution in [1.82, 2.24) is 14.6 Å². The molecule has 0 atom stereocenters. The average molecular weight is 480 g/mol. The molecule has 182 valence electrons. The Balaban J connectivity index is 1.60. The first-order chi connectivity index (χ1) is 17.4. The third-order valence-electron chi connectivity index (χ3n) is 6.32. The van der Waals surface area contributed by atoms with Crippen molar-refractivity contribution < 1.29 is 4.74 Å².